The normalized spacial score (nSPS) is 12.7. The quantitative estimate of drug-likeness (QED) is 0.242. The molecule has 0 aliphatic heterocycles. The van der Waals surface area contributed by atoms with Gasteiger partial charge in [0.15, 0.2) is 0 Å². The Balaban J connectivity index is 2.04. The molecule has 2 atom stereocenters. The largest absolute Gasteiger partial charge is 0.494 e. The molecule has 0 bridgehead atoms. The van der Waals surface area contributed by atoms with Gasteiger partial charge in [-0.3, -0.25) is 13.9 Å². The first-order chi connectivity index (χ1) is 20.0. The molecular formula is C31H38FN3O5S2. The van der Waals surface area contributed by atoms with Crippen LogP contribution in [0.2, 0.25) is 0 Å². The standard InChI is InChI=1S/C31H38FN3O5S2/c1-6-22(3)33-31(37)23(4)34(20-24-10-8-9-11-29(24)32)30(36)21-35(25-12-14-26(15-13-25)40-7-2)42(38,39)28-18-16-27(41-5)17-19-28/h8-19,22-23H,6-7,20-21H2,1-5H3,(H,33,37). The lowest BCUT2D eigenvalue weighted by atomic mass is 10.1. The molecular weight excluding hydrogens is 577 g/mol. The monoisotopic (exact) mass is 615 g/mol. The van der Waals surface area contributed by atoms with Gasteiger partial charge in [-0.25, -0.2) is 12.8 Å². The van der Waals surface area contributed by atoms with Crippen molar-refractivity contribution in [2.75, 3.05) is 23.7 Å². The van der Waals surface area contributed by atoms with E-state index in [9.17, 15) is 22.4 Å². The molecule has 2 unspecified atom stereocenters. The maximum absolute atomic E-state index is 14.7. The van der Waals surface area contributed by atoms with E-state index in [4.69, 9.17) is 4.74 Å². The molecule has 2 amide bonds. The minimum absolute atomic E-state index is 0.00482. The van der Waals surface area contributed by atoms with Crippen molar-refractivity contribution in [3.8, 4) is 5.75 Å². The van der Waals surface area contributed by atoms with E-state index in [-0.39, 0.29) is 28.7 Å². The first kappa shape index (κ1) is 32.9. The molecule has 0 saturated heterocycles. The van der Waals surface area contributed by atoms with Crippen molar-refractivity contribution < 1.29 is 27.1 Å². The molecule has 0 aromatic heterocycles. The average molecular weight is 616 g/mol. The fraction of sp³-hybridized carbons (Fsp3) is 0.355. The number of halogens is 1. The van der Waals surface area contributed by atoms with Gasteiger partial charge in [-0.05, 0) is 88.0 Å². The van der Waals surface area contributed by atoms with Crippen molar-refractivity contribution >= 4 is 39.3 Å². The molecule has 3 aromatic carbocycles. The minimum atomic E-state index is -4.22. The molecule has 3 rings (SSSR count). The van der Waals surface area contributed by atoms with Crippen molar-refractivity contribution in [1.29, 1.82) is 0 Å². The summed E-state index contributed by atoms with van der Waals surface area (Å²) in [6.07, 6.45) is 2.57. The van der Waals surface area contributed by atoms with Gasteiger partial charge >= 0.3 is 0 Å². The lowest BCUT2D eigenvalue weighted by Crippen LogP contribution is -2.52. The summed E-state index contributed by atoms with van der Waals surface area (Å²) in [7, 11) is -4.22. The first-order valence-corrected chi connectivity index (χ1v) is 16.4. The van der Waals surface area contributed by atoms with Crippen LogP contribution in [0.15, 0.2) is 82.6 Å². The molecule has 0 aliphatic rings. The van der Waals surface area contributed by atoms with Gasteiger partial charge in [-0.15, -0.1) is 11.8 Å². The van der Waals surface area contributed by atoms with E-state index in [0.717, 1.165) is 9.20 Å². The summed E-state index contributed by atoms with van der Waals surface area (Å²) < 4.78 is 49.2. The highest BCUT2D eigenvalue weighted by Gasteiger charge is 2.33. The van der Waals surface area contributed by atoms with Gasteiger partial charge in [0.25, 0.3) is 10.0 Å². The van der Waals surface area contributed by atoms with Crippen LogP contribution in [0.1, 0.15) is 39.7 Å². The lowest BCUT2D eigenvalue weighted by Gasteiger charge is -2.32. The van der Waals surface area contributed by atoms with E-state index in [2.05, 4.69) is 5.32 Å². The van der Waals surface area contributed by atoms with Gasteiger partial charge in [0.05, 0.1) is 17.2 Å². The number of benzene rings is 3. The van der Waals surface area contributed by atoms with Crippen molar-refractivity contribution in [3.63, 3.8) is 0 Å². The number of hydrogen-bond acceptors (Lipinski definition) is 6. The van der Waals surface area contributed by atoms with Crippen LogP contribution in [0.25, 0.3) is 0 Å². The molecule has 0 radical (unpaired) electrons. The van der Waals surface area contributed by atoms with E-state index in [1.165, 1.54) is 47.0 Å². The van der Waals surface area contributed by atoms with Crippen LogP contribution in [-0.2, 0) is 26.2 Å². The van der Waals surface area contributed by atoms with Gasteiger partial charge in [0.2, 0.25) is 11.8 Å². The van der Waals surface area contributed by atoms with E-state index in [1.807, 2.05) is 27.0 Å². The minimum Gasteiger partial charge on any atom is -0.494 e. The Kier molecular flexibility index (Phi) is 11.8. The summed E-state index contributed by atoms with van der Waals surface area (Å²) in [5, 5.41) is 2.86. The molecule has 226 valence electrons. The maximum atomic E-state index is 14.7. The second kappa shape index (κ2) is 15.1. The van der Waals surface area contributed by atoms with Crippen LogP contribution in [0.3, 0.4) is 0 Å². The maximum Gasteiger partial charge on any atom is 0.264 e. The zero-order valence-corrected chi connectivity index (χ0v) is 26.2. The van der Waals surface area contributed by atoms with Crippen molar-refractivity contribution in [2.24, 2.45) is 0 Å². The molecule has 8 nitrogen and oxygen atoms in total. The van der Waals surface area contributed by atoms with Gasteiger partial charge in [0, 0.05) is 23.0 Å². The number of carbonyl (C=O) groups is 2. The summed E-state index contributed by atoms with van der Waals surface area (Å²) in [6.45, 7) is 6.75. The average Bonchev–Trinajstić information content (AvgIpc) is 2.99. The summed E-state index contributed by atoms with van der Waals surface area (Å²) in [5.41, 5.74) is 0.445. The number of thioether (sulfide) groups is 1. The zero-order valence-electron chi connectivity index (χ0n) is 24.5. The SMILES string of the molecule is CCOc1ccc(N(CC(=O)N(Cc2ccccc2F)C(C)C(=O)NC(C)CC)S(=O)(=O)c2ccc(SC)cc2)cc1. The van der Waals surface area contributed by atoms with Crippen LogP contribution in [-0.4, -0.2) is 56.6 Å². The predicted octanol–water partition coefficient (Wildman–Crippen LogP) is 5.47. The highest BCUT2D eigenvalue weighted by atomic mass is 32.2. The fourth-order valence-electron chi connectivity index (χ4n) is 4.14. The summed E-state index contributed by atoms with van der Waals surface area (Å²) in [5.74, 6) is -1.07. The topological polar surface area (TPSA) is 96.0 Å². The molecule has 0 fully saturated rings. The Hall–Kier alpha value is -3.57. The third-order valence-electron chi connectivity index (χ3n) is 6.83. The van der Waals surface area contributed by atoms with Crippen LogP contribution in [0.5, 0.6) is 5.75 Å². The number of nitrogens with zero attached hydrogens (tertiary/aromatic N) is 2. The molecule has 11 heteroatoms. The van der Waals surface area contributed by atoms with E-state index >= 15 is 0 Å². The third kappa shape index (κ3) is 8.25. The summed E-state index contributed by atoms with van der Waals surface area (Å²) in [4.78, 5) is 29.2. The van der Waals surface area contributed by atoms with Crippen molar-refractivity contribution in [3.05, 3.63) is 84.2 Å². The van der Waals surface area contributed by atoms with Crippen LogP contribution in [0.4, 0.5) is 10.1 Å². The van der Waals surface area contributed by atoms with Crippen LogP contribution in [0, 0.1) is 5.82 Å². The summed E-state index contributed by atoms with van der Waals surface area (Å²) in [6, 6.07) is 17.6. The third-order valence-corrected chi connectivity index (χ3v) is 9.36. The Labute approximate surface area is 252 Å². The first-order valence-electron chi connectivity index (χ1n) is 13.7. The van der Waals surface area contributed by atoms with E-state index in [0.29, 0.717) is 18.8 Å². The number of sulfonamides is 1. The second-order valence-corrected chi connectivity index (χ2v) is 12.5. The molecule has 3 aromatic rings. The number of amides is 2. The van der Waals surface area contributed by atoms with Gasteiger partial charge in [0.1, 0.15) is 24.2 Å². The van der Waals surface area contributed by atoms with Crippen LogP contribution < -0.4 is 14.4 Å². The highest BCUT2D eigenvalue weighted by Crippen LogP contribution is 2.28. The Morgan fingerprint density at radius 3 is 2.19 bits per heavy atom. The van der Waals surface area contributed by atoms with Gasteiger partial charge in [-0.1, -0.05) is 25.1 Å². The number of hydrogen-bond donors (Lipinski definition) is 1. The molecule has 0 spiro atoms. The molecule has 0 heterocycles. The van der Waals surface area contributed by atoms with E-state index in [1.54, 1.807) is 49.4 Å². The Morgan fingerprint density at radius 2 is 1.62 bits per heavy atom. The predicted molar refractivity (Wildman–Crippen MR) is 165 cm³/mol. The van der Waals surface area contributed by atoms with Crippen LogP contribution >= 0.6 is 11.8 Å². The molecule has 42 heavy (non-hydrogen) atoms. The number of carbonyl (C=O) groups excluding carboxylic acids is 2. The van der Waals surface area contributed by atoms with E-state index < -0.39 is 40.2 Å². The molecule has 0 aliphatic carbocycles. The number of nitrogens with one attached hydrogen (secondary N) is 1. The van der Waals surface area contributed by atoms with Crippen molar-refractivity contribution in [1.82, 2.24) is 10.2 Å². The van der Waals surface area contributed by atoms with Gasteiger partial charge in [-0.2, -0.15) is 0 Å². The fourth-order valence-corrected chi connectivity index (χ4v) is 5.96. The Bertz CT molecular complexity index is 1450. The second-order valence-electron chi connectivity index (χ2n) is 9.72. The number of ether oxygens (including phenoxy) is 1. The smallest absolute Gasteiger partial charge is 0.264 e. The summed E-state index contributed by atoms with van der Waals surface area (Å²) >= 11 is 1.48. The van der Waals surface area contributed by atoms with Gasteiger partial charge < -0.3 is 15.0 Å². The van der Waals surface area contributed by atoms with Crippen molar-refractivity contribution in [2.45, 2.75) is 62.5 Å². The lowest BCUT2D eigenvalue weighted by molar-refractivity contribution is -0.139. The zero-order chi connectivity index (χ0) is 30.9. The molecule has 1 N–H and O–H groups in total. The number of rotatable bonds is 14. The highest BCUT2D eigenvalue weighted by molar-refractivity contribution is 7.98. The molecule has 0 saturated carbocycles. The number of anilines is 1. The Morgan fingerprint density at radius 1 is 0.976 bits per heavy atom.